The lowest BCUT2D eigenvalue weighted by molar-refractivity contribution is -0.173. The predicted octanol–water partition coefficient (Wildman–Crippen LogP) is 4.91. The van der Waals surface area contributed by atoms with Crippen LogP contribution in [0.4, 0.5) is 0 Å². The van der Waals surface area contributed by atoms with Crippen molar-refractivity contribution in [2.24, 2.45) is 23.7 Å². The van der Waals surface area contributed by atoms with E-state index in [1.165, 1.54) is 6.08 Å². The molecule has 1 heterocycles. The van der Waals surface area contributed by atoms with E-state index >= 15 is 0 Å². The minimum atomic E-state index is -1.40. The molecular formula is C35H29NO6. The number of hydrogen-bond donors (Lipinski definition) is 2. The first kappa shape index (κ1) is 26.3. The van der Waals surface area contributed by atoms with Gasteiger partial charge in [-0.05, 0) is 48.4 Å². The summed E-state index contributed by atoms with van der Waals surface area (Å²) in [5.41, 5.74) is 2.04. The first-order chi connectivity index (χ1) is 20.3. The molecule has 1 aliphatic heterocycles. The predicted molar refractivity (Wildman–Crippen MR) is 153 cm³/mol. The summed E-state index contributed by atoms with van der Waals surface area (Å²) in [4.78, 5) is 55.7. The first-order valence-electron chi connectivity index (χ1n) is 14.2. The molecule has 7 rings (SSSR count). The number of amides is 2. The Labute approximate surface area is 242 Å². The molecule has 2 fully saturated rings. The van der Waals surface area contributed by atoms with Crippen LogP contribution in [0.15, 0.2) is 96.6 Å². The van der Waals surface area contributed by atoms with Gasteiger partial charge in [0.25, 0.3) is 11.8 Å². The number of para-hydroxylation sites is 1. The minimum Gasteiger partial charge on any atom is -0.507 e. The van der Waals surface area contributed by atoms with E-state index < -0.39 is 46.8 Å². The molecule has 2 N–H and O–H groups in total. The van der Waals surface area contributed by atoms with Gasteiger partial charge in [0, 0.05) is 23.0 Å². The van der Waals surface area contributed by atoms with Gasteiger partial charge in [0.1, 0.15) is 5.75 Å². The second-order valence-corrected chi connectivity index (χ2v) is 11.8. The van der Waals surface area contributed by atoms with Gasteiger partial charge < -0.3 is 5.11 Å². The number of hydrogen-bond acceptors (Lipinski definition) is 6. The quantitative estimate of drug-likeness (QED) is 0.268. The average molecular weight is 560 g/mol. The third kappa shape index (κ3) is 3.43. The Morgan fingerprint density at radius 3 is 2.24 bits per heavy atom. The minimum absolute atomic E-state index is 0.0240. The number of hydroxylamine groups is 2. The molecule has 2 amide bonds. The lowest BCUT2D eigenvalue weighted by Crippen LogP contribution is -2.58. The van der Waals surface area contributed by atoms with Crippen LogP contribution in [0.3, 0.4) is 0 Å². The molecular weight excluding hydrogens is 530 g/mol. The Kier molecular flexibility index (Phi) is 5.92. The Morgan fingerprint density at radius 2 is 1.52 bits per heavy atom. The molecule has 1 saturated carbocycles. The number of benzene rings is 3. The monoisotopic (exact) mass is 559 g/mol. The van der Waals surface area contributed by atoms with E-state index in [0.29, 0.717) is 27.8 Å². The number of imide groups is 1. The average Bonchev–Trinajstić information content (AvgIpc) is 3.24. The summed E-state index contributed by atoms with van der Waals surface area (Å²) in [6.07, 6.45) is 3.71. The summed E-state index contributed by atoms with van der Waals surface area (Å²) in [6, 6.07) is 23.7. The van der Waals surface area contributed by atoms with Gasteiger partial charge in [-0.2, -0.15) is 5.06 Å². The van der Waals surface area contributed by atoms with Crippen molar-refractivity contribution in [3.63, 3.8) is 0 Å². The van der Waals surface area contributed by atoms with E-state index in [2.05, 4.69) is 0 Å². The number of phenols is 1. The summed E-state index contributed by atoms with van der Waals surface area (Å²) in [5.74, 6) is -5.65. The summed E-state index contributed by atoms with van der Waals surface area (Å²) in [6.45, 7) is 1.78. The summed E-state index contributed by atoms with van der Waals surface area (Å²) in [5, 5.41) is 22.0. The van der Waals surface area contributed by atoms with Crippen molar-refractivity contribution in [3.8, 4) is 5.75 Å². The lowest BCUT2D eigenvalue weighted by atomic mass is 9.44. The van der Waals surface area contributed by atoms with Crippen LogP contribution in [0, 0.1) is 30.6 Å². The highest BCUT2D eigenvalue weighted by Gasteiger charge is 2.66. The highest BCUT2D eigenvalue weighted by Crippen LogP contribution is 2.64. The first-order valence-corrected chi connectivity index (χ1v) is 14.2. The number of nitrogens with zero attached hydrogens (tertiary/aromatic N) is 1. The van der Waals surface area contributed by atoms with Gasteiger partial charge in [-0.1, -0.05) is 90.5 Å². The number of carbonyl (C=O) groups is 4. The maximum Gasteiger partial charge on any atom is 0.257 e. The highest BCUT2D eigenvalue weighted by atomic mass is 16.5. The van der Waals surface area contributed by atoms with Crippen molar-refractivity contribution in [3.05, 3.63) is 119 Å². The van der Waals surface area contributed by atoms with Gasteiger partial charge >= 0.3 is 0 Å². The van der Waals surface area contributed by atoms with Crippen LogP contribution in [0.2, 0.25) is 0 Å². The molecule has 3 aromatic carbocycles. The fourth-order valence-electron chi connectivity index (χ4n) is 8.12. The molecule has 7 nitrogen and oxygen atoms in total. The second-order valence-electron chi connectivity index (χ2n) is 11.8. The molecule has 3 aliphatic carbocycles. The number of phenolic OH excluding ortho intramolecular Hbond substituents is 1. The normalized spacial score (nSPS) is 30.3. The molecule has 0 aromatic heterocycles. The highest BCUT2D eigenvalue weighted by molar-refractivity contribution is 6.31. The zero-order valence-corrected chi connectivity index (χ0v) is 22.9. The van der Waals surface area contributed by atoms with Crippen LogP contribution >= 0.6 is 0 Å². The number of ketones is 2. The van der Waals surface area contributed by atoms with Crippen LogP contribution in [0.1, 0.15) is 41.0 Å². The van der Waals surface area contributed by atoms with E-state index in [1.807, 2.05) is 60.7 Å². The van der Waals surface area contributed by atoms with Gasteiger partial charge in [0.15, 0.2) is 11.6 Å². The second kappa shape index (κ2) is 9.46. The van der Waals surface area contributed by atoms with Crippen LogP contribution in [-0.4, -0.2) is 38.8 Å². The van der Waals surface area contributed by atoms with E-state index in [0.717, 1.165) is 5.57 Å². The SMILES string of the molecule is Cc1cccc(C2C3=CCC4C(=O)N(O)C(=O)C4C3CC3C(=O)C(c4ccccc4)=CC(=O)C32c2ccccc2)c1O. The van der Waals surface area contributed by atoms with Crippen LogP contribution in [0.25, 0.3) is 5.57 Å². The Hall–Kier alpha value is -4.62. The van der Waals surface area contributed by atoms with Gasteiger partial charge in [0.05, 0.1) is 17.3 Å². The zero-order valence-electron chi connectivity index (χ0n) is 22.9. The number of aromatic hydroxyl groups is 1. The molecule has 6 unspecified atom stereocenters. The number of carbonyl (C=O) groups excluding carboxylic acids is 4. The fourth-order valence-corrected chi connectivity index (χ4v) is 8.12. The number of allylic oxidation sites excluding steroid dienone is 4. The molecule has 7 heteroatoms. The maximum atomic E-state index is 14.8. The van der Waals surface area contributed by atoms with Gasteiger partial charge in [-0.15, -0.1) is 0 Å². The van der Waals surface area contributed by atoms with Gasteiger partial charge in [-0.25, -0.2) is 0 Å². The molecule has 6 atom stereocenters. The van der Waals surface area contributed by atoms with E-state index in [9.17, 15) is 29.5 Å². The third-order valence-corrected chi connectivity index (χ3v) is 9.93. The molecule has 0 spiro atoms. The molecule has 1 saturated heterocycles. The van der Waals surface area contributed by atoms with Crippen molar-refractivity contribution in [2.75, 3.05) is 0 Å². The van der Waals surface area contributed by atoms with Crippen LogP contribution in [-0.2, 0) is 24.6 Å². The van der Waals surface area contributed by atoms with Crippen molar-refractivity contribution in [2.45, 2.75) is 31.1 Å². The Balaban J connectivity index is 1.54. The van der Waals surface area contributed by atoms with Gasteiger partial charge in [0.2, 0.25) is 0 Å². The maximum absolute atomic E-state index is 14.8. The zero-order chi connectivity index (χ0) is 29.3. The number of fused-ring (bicyclic) bond motifs is 4. The molecule has 0 radical (unpaired) electrons. The topological polar surface area (TPSA) is 112 Å². The summed E-state index contributed by atoms with van der Waals surface area (Å²) in [7, 11) is 0. The van der Waals surface area contributed by atoms with E-state index in [-0.39, 0.29) is 35.2 Å². The van der Waals surface area contributed by atoms with Gasteiger partial charge in [-0.3, -0.25) is 24.4 Å². The molecule has 0 bridgehead atoms. The standard InChI is InChI=1S/C35H29NO6/c1-19-9-8-14-24(31(19)38)30-22-15-16-23-29(34(41)36(42)33(23)40)26(22)17-27-32(39)25(20-10-4-2-5-11-20)18-28(37)35(27,30)21-12-6-3-7-13-21/h2-15,18,23,26-27,29-30,38,42H,16-17H2,1H3. The fraction of sp³-hybridized carbons (Fsp3) is 0.257. The molecule has 4 aliphatic rings. The van der Waals surface area contributed by atoms with Crippen molar-refractivity contribution in [1.29, 1.82) is 0 Å². The van der Waals surface area contributed by atoms with Crippen LogP contribution in [0.5, 0.6) is 5.75 Å². The lowest BCUT2D eigenvalue weighted by Gasteiger charge is -2.55. The number of aryl methyl sites for hydroxylation is 1. The van der Waals surface area contributed by atoms with E-state index in [4.69, 9.17) is 0 Å². The van der Waals surface area contributed by atoms with Crippen LogP contribution < -0.4 is 0 Å². The summed E-state index contributed by atoms with van der Waals surface area (Å²) >= 11 is 0. The third-order valence-electron chi connectivity index (χ3n) is 9.93. The molecule has 210 valence electrons. The largest absolute Gasteiger partial charge is 0.507 e. The number of rotatable bonds is 3. The molecule has 42 heavy (non-hydrogen) atoms. The number of Topliss-reactive ketones (excluding diaryl/α,β-unsaturated/α-hetero) is 1. The van der Waals surface area contributed by atoms with E-state index in [1.54, 1.807) is 31.2 Å². The Morgan fingerprint density at radius 1 is 0.833 bits per heavy atom. The van der Waals surface area contributed by atoms with Crippen molar-refractivity contribution in [1.82, 2.24) is 5.06 Å². The summed E-state index contributed by atoms with van der Waals surface area (Å²) < 4.78 is 0. The smallest absolute Gasteiger partial charge is 0.257 e. The van der Waals surface area contributed by atoms with Crippen molar-refractivity contribution < 1.29 is 29.5 Å². The Bertz CT molecular complexity index is 1720. The molecule has 3 aromatic rings. The van der Waals surface area contributed by atoms with Crippen molar-refractivity contribution >= 4 is 29.0 Å².